The molecule has 0 atom stereocenters. The summed E-state index contributed by atoms with van der Waals surface area (Å²) in [6, 6.07) is 10.5. The van der Waals surface area contributed by atoms with Crippen molar-refractivity contribution >= 4 is 41.3 Å². The minimum atomic E-state index is 0. The standard InChI is InChI=1S/C18H26N4S.HI/c1-15-14-23-17(21-15)11-7-8-12-20-18(19-2)22(3)13-16-9-5-4-6-10-16;/h4-6,9-10,14H,7-8,11-13H2,1-3H3,(H,19,20);1H. The molecule has 0 fully saturated rings. The summed E-state index contributed by atoms with van der Waals surface area (Å²) in [5.74, 6) is 0.943. The van der Waals surface area contributed by atoms with E-state index in [0.29, 0.717) is 0 Å². The summed E-state index contributed by atoms with van der Waals surface area (Å²) < 4.78 is 0. The first-order valence-corrected chi connectivity index (χ1v) is 8.93. The second kappa shape index (κ2) is 11.4. The third-order valence-electron chi connectivity index (χ3n) is 3.60. The zero-order valence-corrected chi connectivity index (χ0v) is 17.8. The van der Waals surface area contributed by atoms with Gasteiger partial charge in [-0.25, -0.2) is 4.98 Å². The lowest BCUT2D eigenvalue weighted by molar-refractivity contribution is 0.475. The number of aromatic nitrogens is 1. The number of rotatable bonds is 7. The first-order valence-electron chi connectivity index (χ1n) is 8.05. The number of aryl methyl sites for hydroxylation is 2. The van der Waals surface area contributed by atoms with Crippen LogP contribution in [0.2, 0.25) is 0 Å². The predicted octanol–water partition coefficient (Wildman–Crippen LogP) is 4.10. The van der Waals surface area contributed by atoms with Crippen molar-refractivity contribution in [1.29, 1.82) is 0 Å². The van der Waals surface area contributed by atoms with Crippen molar-refractivity contribution < 1.29 is 0 Å². The van der Waals surface area contributed by atoms with Crippen LogP contribution in [0.5, 0.6) is 0 Å². The highest BCUT2D eigenvalue weighted by Crippen LogP contribution is 2.11. The molecule has 0 saturated carbocycles. The summed E-state index contributed by atoms with van der Waals surface area (Å²) in [5, 5.41) is 6.80. The van der Waals surface area contributed by atoms with Crippen molar-refractivity contribution in [3.63, 3.8) is 0 Å². The number of nitrogens with zero attached hydrogens (tertiary/aromatic N) is 3. The lowest BCUT2D eigenvalue weighted by Crippen LogP contribution is -2.38. The molecule has 0 radical (unpaired) electrons. The van der Waals surface area contributed by atoms with E-state index in [1.807, 2.05) is 20.0 Å². The summed E-state index contributed by atoms with van der Waals surface area (Å²) >= 11 is 1.76. The van der Waals surface area contributed by atoms with Gasteiger partial charge in [0.05, 0.1) is 5.01 Å². The minimum Gasteiger partial charge on any atom is -0.356 e. The first-order chi connectivity index (χ1) is 11.2. The van der Waals surface area contributed by atoms with Crippen molar-refractivity contribution in [2.45, 2.75) is 32.7 Å². The molecule has 1 aromatic carbocycles. The molecule has 4 nitrogen and oxygen atoms in total. The summed E-state index contributed by atoms with van der Waals surface area (Å²) in [7, 11) is 3.91. The summed E-state index contributed by atoms with van der Waals surface area (Å²) in [6.07, 6.45) is 3.34. The summed E-state index contributed by atoms with van der Waals surface area (Å²) in [4.78, 5) is 11.0. The summed E-state index contributed by atoms with van der Waals surface area (Å²) in [5.41, 5.74) is 2.42. The van der Waals surface area contributed by atoms with Gasteiger partial charge in [-0.3, -0.25) is 4.99 Å². The molecule has 1 aromatic heterocycles. The number of unbranched alkanes of at least 4 members (excludes halogenated alkanes) is 1. The van der Waals surface area contributed by atoms with E-state index >= 15 is 0 Å². The van der Waals surface area contributed by atoms with Crippen molar-refractivity contribution in [1.82, 2.24) is 15.2 Å². The molecular formula is C18H27IN4S. The molecule has 0 saturated heterocycles. The van der Waals surface area contributed by atoms with Gasteiger partial charge in [0.2, 0.25) is 0 Å². The Morgan fingerprint density at radius 3 is 2.62 bits per heavy atom. The van der Waals surface area contributed by atoms with Gasteiger partial charge < -0.3 is 10.2 Å². The number of aliphatic imine (C=N–C) groups is 1. The van der Waals surface area contributed by atoms with Crippen LogP contribution in [-0.4, -0.2) is 36.5 Å². The van der Waals surface area contributed by atoms with E-state index < -0.39 is 0 Å². The fourth-order valence-corrected chi connectivity index (χ4v) is 3.25. The topological polar surface area (TPSA) is 40.5 Å². The summed E-state index contributed by atoms with van der Waals surface area (Å²) in [6.45, 7) is 3.85. The molecule has 0 amide bonds. The Morgan fingerprint density at radius 1 is 1.25 bits per heavy atom. The number of nitrogens with one attached hydrogen (secondary N) is 1. The van der Waals surface area contributed by atoms with Crippen LogP contribution in [0.15, 0.2) is 40.7 Å². The molecule has 1 heterocycles. The highest BCUT2D eigenvalue weighted by molar-refractivity contribution is 14.0. The van der Waals surface area contributed by atoms with Gasteiger partial charge in [-0.15, -0.1) is 35.3 Å². The maximum atomic E-state index is 4.50. The van der Waals surface area contributed by atoms with Gasteiger partial charge >= 0.3 is 0 Å². The molecule has 0 aliphatic heterocycles. The van der Waals surface area contributed by atoms with Gasteiger partial charge in [-0.1, -0.05) is 30.3 Å². The minimum absolute atomic E-state index is 0. The van der Waals surface area contributed by atoms with E-state index in [2.05, 4.69) is 56.9 Å². The number of halogens is 1. The normalized spacial score (nSPS) is 11.0. The molecule has 0 aliphatic rings. The van der Waals surface area contributed by atoms with Crippen LogP contribution in [0.4, 0.5) is 0 Å². The Labute approximate surface area is 166 Å². The molecule has 0 aliphatic carbocycles. The monoisotopic (exact) mass is 458 g/mol. The number of guanidine groups is 1. The fraction of sp³-hybridized carbons (Fsp3) is 0.444. The van der Waals surface area contributed by atoms with E-state index in [9.17, 15) is 0 Å². The van der Waals surface area contributed by atoms with Crippen LogP contribution >= 0.6 is 35.3 Å². The highest BCUT2D eigenvalue weighted by atomic mass is 127. The largest absolute Gasteiger partial charge is 0.356 e. The Morgan fingerprint density at radius 2 is 2.00 bits per heavy atom. The number of hydrogen-bond acceptors (Lipinski definition) is 3. The van der Waals surface area contributed by atoms with E-state index in [1.165, 1.54) is 10.6 Å². The molecule has 2 aromatic rings. The molecular weight excluding hydrogens is 431 g/mol. The third-order valence-corrected chi connectivity index (χ3v) is 4.63. The van der Waals surface area contributed by atoms with E-state index in [4.69, 9.17) is 0 Å². The maximum absolute atomic E-state index is 4.50. The third kappa shape index (κ3) is 7.17. The molecule has 0 spiro atoms. The molecule has 0 bridgehead atoms. The van der Waals surface area contributed by atoms with Gasteiger partial charge in [-0.2, -0.15) is 0 Å². The average molecular weight is 458 g/mol. The van der Waals surface area contributed by atoms with Crippen LogP contribution in [-0.2, 0) is 13.0 Å². The Kier molecular flexibility index (Phi) is 9.94. The maximum Gasteiger partial charge on any atom is 0.193 e. The van der Waals surface area contributed by atoms with Crippen molar-refractivity contribution in [2.75, 3.05) is 20.6 Å². The van der Waals surface area contributed by atoms with Gasteiger partial charge in [-0.05, 0) is 31.7 Å². The molecule has 6 heteroatoms. The number of benzene rings is 1. The van der Waals surface area contributed by atoms with Gasteiger partial charge in [0, 0.05) is 38.3 Å². The average Bonchev–Trinajstić information content (AvgIpc) is 2.97. The molecule has 24 heavy (non-hydrogen) atoms. The molecule has 0 unspecified atom stereocenters. The van der Waals surface area contributed by atoms with Gasteiger partial charge in [0.25, 0.3) is 0 Å². The van der Waals surface area contributed by atoms with Crippen LogP contribution in [0.3, 0.4) is 0 Å². The predicted molar refractivity (Wildman–Crippen MR) is 114 cm³/mol. The SMILES string of the molecule is CN=C(NCCCCc1nc(C)cs1)N(C)Cc1ccccc1.I. The molecule has 1 N–H and O–H groups in total. The Bertz CT molecular complexity index is 612. The van der Waals surface area contributed by atoms with Crippen molar-refractivity contribution in [3.05, 3.63) is 52.0 Å². The Balaban J connectivity index is 0.00000288. The number of hydrogen-bond donors (Lipinski definition) is 1. The van der Waals surface area contributed by atoms with Crippen molar-refractivity contribution in [2.24, 2.45) is 4.99 Å². The van der Waals surface area contributed by atoms with Crippen LogP contribution in [0.1, 0.15) is 29.1 Å². The zero-order chi connectivity index (χ0) is 16.5. The highest BCUT2D eigenvalue weighted by Gasteiger charge is 2.06. The van der Waals surface area contributed by atoms with Gasteiger partial charge in [0.1, 0.15) is 0 Å². The van der Waals surface area contributed by atoms with Crippen molar-refractivity contribution in [3.8, 4) is 0 Å². The lowest BCUT2D eigenvalue weighted by Gasteiger charge is -2.22. The van der Waals surface area contributed by atoms with Crippen LogP contribution in [0, 0.1) is 6.92 Å². The van der Waals surface area contributed by atoms with Crippen LogP contribution in [0.25, 0.3) is 0 Å². The molecule has 132 valence electrons. The number of thiazole rings is 1. The van der Waals surface area contributed by atoms with E-state index in [0.717, 1.165) is 44.0 Å². The second-order valence-electron chi connectivity index (χ2n) is 5.66. The van der Waals surface area contributed by atoms with E-state index in [1.54, 1.807) is 11.3 Å². The lowest BCUT2D eigenvalue weighted by atomic mass is 10.2. The fourth-order valence-electron chi connectivity index (χ4n) is 2.44. The smallest absolute Gasteiger partial charge is 0.193 e. The second-order valence-corrected chi connectivity index (χ2v) is 6.60. The van der Waals surface area contributed by atoms with Crippen LogP contribution < -0.4 is 5.32 Å². The van der Waals surface area contributed by atoms with Gasteiger partial charge in [0.15, 0.2) is 5.96 Å². The quantitative estimate of drug-likeness (QED) is 0.294. The first kappa shape index (κ1) is 20.9. The molecule has 2 rings (SSSR count). The Hall–Kier alpha value is -1.15. The van der Waals surface area contributed by atoms with E-state index in [-0.39, 0.29) is 24.0 Å². The zero-order valence-electron chi connectivity index (χ0n) is 14.7.